The largest absolute Gasteiger partial charge is 0.491 e. The van der Waals surface area contributed by atoms with Crippen molar-refractivity contribution in [3.8, 4) is 5.75 Å². The molecule has 0 aromatic carbocycles. The fraction of sp³-hybridized carbons (Fsp3) is 0.600. The lowest BCUT2D eigenvalue weighted by molar-refractivity contribution is 0.0934. The monoisotopic (exact) mass is 249 g/mol. The second kappa shape index (κ2) is 5.98. The molecular weight excluding hydrogens is 226 g/mol. The average molecular weight is 249 g/mol. The minimum Gasteiger partial charge on any atom is -0.491 e. The number of aromatic nitrogens is 1. The summed E-state index contributed by atoms with van der Waals surface area (Å²) in [5.41, 5.74) is 0.860. The van der Waals surface area contributed by atoms with E-state index in [2.05, 4.69) is 25.8 Å². The van der Waals surface area contributed by atoms with Gasteiger partial charge in [-0.3, -0.25) is 9.78 Å². The van der Waals surface area contributed by atoms with Crippen molar-refractivity contribution in [3.05, 3.63) is 24.0 Å². The first-order valence-electron chi connectivity index (χ1n) is 6.42. The van der Waals surface area contributed by atoms with Crippen LogP contribution in [0.15, 0.2) is 18.5 Å². The third-order valence-corrected chi connectivity index (χ3v) is 2.68. The zero-order valence-corrected chi connectivity index (χ0v) is 12.0. The van der Waals surface area contributed by atoms with Crippen LogP contribution in [0.4, 0.5) is 0 Å². The van der Waals surface area contributed by atoms with Crippen molar-refractivity contribution < 1.29 is 9.53 Å². The molecule has 0 aliphatic rings. The Balaban J connectivity index is 2.74. The molecule has 3 nitrogen and oxygen atoms in total. The summed E-state index contributed by atoms with van der Waals surface area (Å²) in [6.45, 7) is 10.9. The number of pyridine rings is 1. The summed E-state index contributed by atoms with van der Waals surface area (Å²) in [5, 5.41) is 0. The van der Waals surface area contributed by atoms with Crippen LogP contribution < -0.4 is 4.74 Å². The van der Waals surface area contributed by atoms with Crippen molar-refractivity contribution in [2.24, 2.45) is 11.3 Å². The van der Waals surface area contributed by atoms with E-state index in [4.69, 9.17) is 4.74 Å². The minimum atomic E-state index is -0.0302. The van der Waals surface area contributed by atoms with Crippen LogP contribution in [0.2, 0.25) is 0 Å². The van der Waals surface area contributed by atoms with Gasteiger partial charge < -0.3 is 4.74 Å². The Morgan fingerprint density at radius 1 is 1.39 bits per heavy atom. The third kappa shape index (κ3) is 4.47. The summed E-state index contributed by atoms with van der Waals surface area (Å²) in [7, 11) is 0. The Kier molecular flexibility index (Phi) is 4.88. The van der Waals surface area contributed by atoms with E-state index in [9.17, 15) is 4.79 Å². The number of carbonyl (C=O) groups excluding carboxylic acids is 1. The molecule has 3 heteroatoms. The van der Waals surface area contributed by atoms with Gasteiger partial charge in [0, 0.05) is 12.1 Å². The van der Waals surface area contributed by atoms with Gasteiger partial charge in [-0.1, -0.05) is 34.6 Å². The standard InChI is InChI=1S/C15H23NO2/c1-11(2)14(17)12-6-8-16-10-13(12)18-9-7-15(3,4)5/h6,8,10-11H,7,9H2,1-5H3. The molecule has 0 radical (unpaired) electrons. The molecule has 100 valence electrons. The molecule has 0 aliphatic heterocycles. The number of rotatable bonds is 5. The van der Waals surface area contributed by atoms with E-state index < -0.39 is 0 Å². The zero-order valence-electron chi connectivity index (χ0n) is 12.0. The first-order valence-corrected chi connectivity index (χ1v) is 6.42. The Morgan fingerprint density at radius 2 is 2.06 bits per heavy atom. The molecule has 1 rings (SSSR count). The number of hydrogen-bond donors (Lipinski definition) is 0. The van der Waals surface area contributed by atoms with Crippen molar-refractivity contribution >= 4 is 5.78 Å². The Labute approximate surface area is 110 Å². The van der Waals surface area contributed by atoms with Crippen LogP contribution in [0.25, 0.3) is 0 Å². The molecule has 1 aromatic heterocycles. The van der Waals surface area contributed by atoms with Crippen molar-refractivity contribution in [2.75, 3.05) is 6.61 Å². The van der Waals surface area contributed by atoms with Gasteiger partial charge in [-0.2, -0.15) is 0 Å². The molecule has 1 heterocycles. The predicted molar refractivity (Wildman–Crippen MR) is 73.0 cm³/mol. The van der Waals surface area contributed by atoms with E-state index in [0.717, 1.165) is 6.42 Å². The van der Waals surface area contributed by atoms with Crippen molar-refractivity contribution in [2.45, 2.75) is 41.0 Å². The molecule has 0 spiro atoms. The molecule has 0 saturated heterocycles. The van der Waals surface area contributed by atoms with Crippen LogP contribution in [-0.4, -0.2) is 17.4 Å². The van der Waals surface area contributed by atoms with Crippen LogP contribution in [0.5, 0.6) is 5.75 Å². The first kappa shape index (κ1) is 14.7. The summed E-state index contributed by atoms with van der Waals surface area (Å²) in [6, 6.07) is 1.73. The van der Waals surface area contributed by atoms with E-state index in [1.54, 1.807) is 18.5 Å². The lowest BCUT2D eigenvalue weighted by atomic mass is 9.93. The molecule has 0 aliphatic carbocycles. The SMILES string of the molecule is CC(C)C(=O)c1ccncc1OCCC(C)(C)C. The Bertz CT molecular complexity index is 405. The van der Waals surface area contributed by atoms with Crippen LogP contribution in [0.3, 0.4) is 0 Å². The smallest absolute Gasteiger partial charge is 0.169 e. The normalized spacial score (nSPS) is 11.7. The molecule has 0 unspecified atom stereocenters. The number of ketones is 1. The number of ether oxygens (including phenoxy) is 1. The lowest BCUT2D eigenvalue weighted by Crippen LogP contribution is -2.14. The minimum absolute atomic E-state index is 0.0302. The topological polar surface area (TPSA) is 39.2 Å². The van der Waals surface area contributed by atoms with Gasteiger partial charge in [-0.15, -0.1) is 0 Å². The fourth-order valence-electron chi connectivity index (χ4n) is 1.48. The molecule has 0 amide bonds. The van der Waals surface area contributed by atoms with Gasteiger partial charge in [0.1, 0.15) is 5.75 Å². The maximum Gasteiger partial charge on any atom is 0.169 e. The predicted octanol–water partition coefficient (Wildman–Crippen LogP) is 3.74. The highest BCUT2D eigenvalue weighted by Gasteiger charge is 2.16. The van der Waals surface area contributed by atoms with Gasteiger partial charge in [-0.05, 0) is 17.9 Å². The highest BCUT2D eigenvalue weighted by molar-refractivity contribution is 5.99. The van der Waals surface area contributed by atoms with Crippen molar-refractivity contribution in [1.82, 2.24) is 4.98 Å². The zero-order chi connectivity index (χ0) is 13.8. The Hall–Kier alpha value is -1.38. The van der Waals surface area contributed by atoms with Crippen LogP contribution in [-0.2, 0) is 0 Å². The quantitative estimate of drug-likeness (QED) is 0.746. The van der Waals surface area contributed by atoms with Gasteiger partial charge in [0.05, 0.1) is 18.4 Å². The van der Waals surface area contributed by atoms with E-state index >= 15 is 0 Å². The molecule has 0 atom stereocenters. The molecule has 0 saturated carbocycles. The highest BCUT2D eigenvalue weighted by Crippen LogP contribution is 2.23. The molecule has 0 fully saturated rings. The van der Waals surface area contributed by atoms with Crippen molar-refractivity contribution in [3.63, 3.8) is 0 Å². The third-order valence-electron chi connectivity index (χ3n) is 2.68. The number of hydrogen-bond acceptors (Lipinski definition) is 3. The van der Waals surface area contributed by atoms with Gasteiger partial charge in [0.15, 0.2) is 5.78 Å². The molecule has 0 bridgehead atoms. The van der Waals surface area contributed by atoms with E-state index in [-0.39, 0.29) is 17.1 Å². The van der Waals surface area contributed by atoms with Crippen LogP contribution in [0, 0.1) is 11.3 Å². The lowest BCUT2D eigenvalue weighted by Gasteiger charge is -2.19. The van der Waals surface area contributed by atoms with Crippen LogP contribution >= 0.6 is 0 Å². The fourth-order valence-corrected chi connectivity index (χ4v) is 1.48. The molecule has 18 heavy (non-hydrogen) atoms. The average Bonchev–Trinajstić information content (AvgIpc) is 2.27. The maximum absolute atomic E-state index is 12.0. The second-order valence-electron chi connectivity index (χ2n) is 6.05. The van der Waals surface area contributed by atoms with Crippen molar-refractivity contribution in [1.29, 1.82) is 0 Å². The molecular formula is C15H23NO2. The summed E-state index contributed by atoms with van der Waals surface area (Å²) in [4.78, 5) is 16.0. The van der Waals surface area contributed by atoms with Crippen LogP contribution in [0.1, 0.15) is 51.4 Å². The van der Waals surface area contributed by atoms with Gasteiger partial charge in [0.2, 0.25) is 0 Å². The molecule has 0 N–H and O–H groups in total. The van der Waals surface area contributed by atoms with E-state index in [1.165, 1.54) is 0 Å². The molecule has 1 aromatic rings. The number of carbonyl (C=O) groups is 1. The second-order valence-corrected chi connectivity index (χ2v) is 6.05. The van der Waals surface area contributed by atoms with E-state index in [1.807, 2.05) is 13.8 Å². The number of nitrogens with zero attached hydrogens (tertiary/aromatic N) is 1. The summed E-state index contributed by atoms with van der Waals surface area (Å²) in [5.74, 6) is 0.668. The first-order chi connectivity index (χ1) is 8.31. The number of Topliss-reactive ketones (excluding diaryl/α,β-unsaturated/α-hetero) is 1. The highest BCUT2D eigenvalue weighted by atomic mass is 16.5. The van der Waals surface area contributed by atoms with Gasteiger partial charge in [-0.25, -0.2) is 0 Å². The summed E-state index contributed by atoms with van der Waals surface area (Å²) >= 11 is 0. The summed E-state index contributed by atoms with van der Waals surface area (Å²) in [6.07, 6.45) is 4.20. The summed E-state index contributed by atoms with van der Waals surface area (Å²) < 4.78 is 5.70. The van der Waals surface area contributed by atoms with Gasteiger partial charge >= 0.3 is 0 Å². The van der Waals surface area contributed by atoms with Gasteiger partial charge in [0.25, 0.3) is 0 Å². The van der Waals surface area contributed by atoms with E-state index in [0.29, 0.717) is 17.9 Å². The maximum atomic E-state index is 12.0. The Morgan fingerprint density at radius 3 is 2.61 bits per heavy atom.